The lowest BCUT2D eigenvalue weighted by Crippen LogP contribution is -2.32. The Bertz CT molecular complexity index is 720. The van der Waals surface area contributed by atoms with E-state index in [2.05, 4.69) is 29.1 Å². The summed E-state index contributed by atoms with van der Waals surface area (Å²) in [6, 6.07) is 2.61. The van der Waals surface area contributed by atoms with Crippen molar-refractivity contribution in [1.29, 1.82) is 0 Å². The first-order chi connectivity index (χ1) is 10.4. The molecule has 0 aliphatic heterocycles. The number of imidazole rings is 1. The zero-order chi connectivity index (χ0) is 16.3. The molecule has 0 spiro atoms. The quantitative estimate of drug-likeness (QED) is 0.694. The van der Waals surface area contributed by atoms with E-state index in [9.17, 15) is 9.18 Å². The van der Waals surface area contributed by atoms with Crippen LogP contribution in [-0.4, -0.2) is 21.9 Å². The Morgan fingerprint density at radius 3 is 2.68 bits per heavy atom. The van der Waals surface area contributed by atoms with E-state index in [1.807, 2.05) is 6.92 Å². The van der Waals surface area contributed by atoms with E-state index in [-0.39, 0.29) is 17.5 Å². The normalized spacial score (nSPS) is 12.8. The standard InChI is InChI=1S/C16H22FN3OS/c1-9(2)5-4-6-10(3)18-15(21)12-7-11(17)8-13-14(12)20-16(22)19-13/h7-10H,4-6H2,1-3H3,(H,18,21)(H2,19,20,22). The Morgan fingerprint density at radius 2 is 2.00 bits per heavy atom. The Labute approximate surface area is 134 Å². The highest BCUT2D eigenvalue weighted by atomic mass is 32.1. The van der Waals surface area contributed by atoms with Gasteiger partial charge in [-0.2, -0.15) is 0 Å². The van der Waals surface area contributed by atoms with Gasteiger partial charge >= 0.3 is 0 Å². The Morgan fingerprint density at radius 1 is 1.27 bits per heavy atom. The number of nitrogens with one attached hydrogen (secondary N) is 3. The third-order valence-electron chi connectivity index (χ3n) is 3.63. The van der Waals surface area contributed by atoms with E-state index in [1.165, 1.54) is 12.1 Å². The van der Waals surface area contributed by atoms with Crippen molar-refractivity contribution < 1.29 is 9.18 Å². The Kier molecular flexibility index (Phi) is 5.34. The molecule has 0 radical (unpaired) electrons. The molecular formula is C16H22FN3OS. The average molecular weight is 323 g/mol. The summed E-state index contributed by atoms with van der Waals surface area (Å²) in [5.41, 5.74) is 1.32. The van der Waals surface area contributed by atoms with Crippen LogP contribution in [-0.2, 0) is 0 Å². The third-order valence-corrected chi connectivity index (χ3v) is 3.83. The van der Waals surface area contributed by atoms with Gasteiger partial charge in [-0.15, -0.1) is 0 Å². The van der Waals surface area contributed by atoms with Crippen molar-refractivity contribution in [3.05, 3.63) is 28.3 Å². The van der Waals surface area contributed by atoms with Crippen LogP contribution in [0.25, 0.3) is 11.0 Å². The molecular weight excluding hydrogens is 301 g/mol. The molecule has 0 aliphatic carbocycles. The van der Waals surface area contributed by atoms with Crippen LogP contribution >= 0.6 is 12.2 Å². The van der Waals surface area contributed by atoms with Crippen molar-refractivity contribution in [2.75, 3.05) is 0 Å². The van der Waals surface area contributed by atoms with E-state index in [4.69, 9.17) is 12.2 Å². The molecule has 1 amide bonds. The lowest BCUT2D eigenvalue weighted by Gasteiger charge is -2.15. The molecule has 0 fully saturated rings. The number of benzene rings is 1. The molecule has 2 aromatic rings. The lowest BCUT2D eigenvalue weighted by molar-refractivity contribution is 0.0939. The fraction of sp³-hybridized carbons (Fsp3) is 0.500. The van der Waals surface area contributed by atoms with Crippen molar-refractivity contribution in [1.82, 2.24) is 15.3 Å². The number of H-pyrrole nitrogens is 2. The van der Waals surface area contributed by atoms with Gasteiger partial charge in [0.1, 0.15) is 5.82 Å². The summed E-state index contributed by atoms with van der Waals surface area (Å²) < 4.78 is 14.0. The van der Waals surface area contributed by atoms with Gasteiger partial charge < -0.3 is 15.3 Å². The van der Waals surface area contributed by atoms with E-state index in [0.29, 0.717) is 21.7 Å². The highest BCUT2D eigenvalue weighted by Crippen LogP contribution is 2.18. The maximum absolute atomic E-state index is 13.6. The highest BCUT2D eigenvalue weighted by molar-refractivity contribution is 7.71. The first-order valence-corrected chi connectivity index (χ1v) is 8.00. The van der Waals surface area contributed by atoms with Gasteiger partial charge in [-0.05, 0) is 43.6 Å². The monoisotopic (exact) mass is 323 g/mol. The van der Waals surface area contributed by atoms with Gasteiger partial charge in [-0.1, -0.05) is 26.7 Å². The van der Waals surface area contributed by atoms with Gasteiger partial charge in [0.15, 0.2) is 4.77 Å². The Hall–Kier alpha value is -1.69. The second kappa shape index (κ2) is 7.05. The van der Waals surface area contributed by atoms with Crippen LogP contribution in [0.1, 0.15) is 50.4 Å². The summed E-state index contributed by atoms with van der Waals surface area (Å²) in [6.07, 6.45) is 3.10. The number of hydrogen-bond donors (Lipinski definition) is 3. The second-order valence-electron chi connectivity index (χ2n) is 6.15. The first kappa shape index (κ1) is 16.7. The molecule has 3 N–H and O–H groups in total. The molecule has 1 unspecified atom stereocenters. The van der Waals surface area contributed by atoms with Crippen LogP contribution in [0.3, 0.4) is 0 Å². The summed E-state index contributed by atoms with van der Waals surface area (Å²) in [4.78, 5) is 18.1. The number of halogens is 1. The average Bonchev–Trinajstić information content (AvgIpc) is 2.77. The SMILES string of the molecule is CC(C)CCCC(C)NC(=O)c1cc(F)cc2[nH]c(=S)[nH]c12. The molecule has 0 saturated heterocycles. The van der Waals surface area contributed by atoms with Crippen LogP contribution in [0, 0.1) is 16.5 Å². The van der Waals surface area contributed by atoms with Gasteiger partial charge in [0, 0.05) is 6.04 Å². The topological polar surface area (TPSA) is 60.7 Å². The summed E-state index contributed by atoms with van der Waals surface area (Å²) in [6.45, 7) is 6.33. The number of aromatic nitrogens is 2. The molecule has 1 aromatic carbocycles. The van der Waals surface area contributed by atoms with E-state index in [0.717, 1.165) is 19.3 Å². The van der Waals surface area contributed by atoms with Crippen molar-refractivity contribution >= 4 is 29.2 Å². The predicted octanol–water partition coefficient (Wildman–Crippen LogP) is 4.31. The molecule has 120 valence electrons. The first-order valence-electron chi connectivity index (χ1n) is 7.59. The van der Waals surface area contributed by atoms with Crippen molar-refractivity contribution in [2.24, 2.45) is 5.92 Å². The van der Waals surface area contributed by atoms with Gasteiger partial charge in [-0.25, -0.2) is 4.39 Å². The number of rotatable bonds is 6. The third kappa shape index (κ3) is 4.16. The highest BCUT2D eigenvalue weighted by Gasteiger charge is 2.16. The smallest absolute Gasteiger partial charge is 0.253 e. The molecule has 0 bridgehead atoms. The molecule has 1 atom stereocenters. The van der Waals surface area contributed by atoms with Crippen LogP contribution in [0.5, 0.6) is 0 Å². The molecule has 1 heterocycles. The molecule has 0 saturated carbocycles. The Balaban J connectivity index is 2.11. The molecule has 6 heteroatoms. The minimum absolute atomic E-state index is 0.0477. The number of amides is 1. The second-order valence-corrected chi connectivity index (χ2v) is 6.56. The van der Waals surface area contributed by atoms with E-state index < -0.39 is 5.82 Å². The van der Waals surface area contributed by atoms with Gasteiger partial charge in [0.25, 0.3) is 5.91 Å². The fourth-order valence-corrected chi connectivity index (χ4v) is 2.70. The molecule has 22 heavy (non-hydrogen) atoms. The summed E-state index contributed by atoms with van der Waals surface area (Å²) in [5, 5.41) is 2.93. The van der Waals surface area contributed by atoms with Gasteiger partial charge in [0.05, 0.1) is 16.6 Å². The number of aromatic amines is 2. The number of carbonyl (C=O) groups is 1. The van der Waals surface area contributed by atoms with Crippen molar-refractivity contribution in [2.45, 2.75) is 46.1 Å². The summed E-state index contributed by atoms with van der Waals surface area (Å²) in [7, 11) is 0. The maximum Gasteiger partial charge on any atom is 0.253 e. The number of fused-ring (bicyclic) bond motifs is 1. The van der Waals surface area contributed by atoms with Crippen LogP contribution in [0.4, 0.5) is 4.39 Å². The largest absolute Gasteiger partial charge is 0.350 e. The van der Waals surface area contributed by atoms with Crippen LogP contribution < -0.4 is 5.32 Å². The fourth-order valence-electron chi connectivity index (χ4n) is 2.49. The number of hydrogen-bond acceptors (Lipinski definition) is 2. The molecule has 1 aromatic heterocycles. The summed E-state index contributed by atoms with van der Waals surface area (Å²) in [5.74, 6) is -0.0900. The van der Waals surface area contributed by atoms with Crippen LogP contribution in [0.2, 0.25) is 0 Å². The molecule has 4 nitrogen and oxygen atoms in total. The van der Waals surface area contributed by atoms with Crippen molar-refractivity contribution in [3.8, 4) is 0 Å². The zero-order valence-electron chi connectivity index (χ0n) is 13.1. The maximum atomic E-state index is 13.6. The minimum Gasteiger partial charge on any atom is -0.350 e. The predicted molar refractivity (Wildman–Crippen MR) is 89.1 cm³/mol. The van der Waals surface area contributed by atoms with Crippen molar-refractivity contribution in [3.63, 3.8) is 0 Å². The summed E-state index contributed by atoms with van der Waals surface area (Å²) >= 11 is 5.01. The molecule has 0 aliphatic rings. The minimum atomic E-state index is -0.463. The molecule has 2 rings (SSSR count). The van der Waals surface area contributed by atoms with E-state index in [1.54, 1.807) is 0 Å². The van der Waals surface area contributed by atoms with Gasteiger partial charge in [0.2, 0.25) is 0 Å². The van der Waals surface area contributed by atoms with E-state index >= 15 is 0 Å². The number of carbonyl (C=O) groups excluding carboxylic acids is 1. The lowest BCUT2D eigenvalue weighted by atomic mass is 10.0. The van der Waals surface area contributed by atoms with Gasteiger partial charge in [-0.3, -0.25) is 4.79 Å². The van der Waals surface area contributed by atoms with Crippen LogP contribution in [0.15, 0.2) is 12.1 Å². The zero-order valence-corrected chi connectivity index (χ0v) is 13.9.